The van der Waals surface area contributed by atoms with Crippen LogP contribution in [0.5, 0.6) is 11.6 Å². The largest absolute Gasteiger partial charge is 0.478 e. The fourth-order valence-electron chi connectivity index (χ4n) is 2.57. The number of carboxylic acid groups (broad SMARTS) is 1. The van der Waals surface area contributed by atoms with Crippen molar-refractivity contribution in [1.29, 1.82) is 0 Å². The zero-order chi connectivity index (χ0) is 18.7. The first-order valence-electron chi connectivity index (χ1n) is 8.12. The van der Waals surface area contributed by atoms with Gasteiger partial charge in [0.25, 0.3) is 0 Å². The second-order valence-electron chi connectivity index (χ2n) is 5.71. The maximum atomic E-state index is 11.0. The van der Waals surface area contributed by atoms with Gasteiger partial charge in [-0.1, -0.05) is 18.5 Å². The third-order valence-corrected chi connectivity index (χ3v) is 4.20. The molecule has 26 heavy (non-hydrogen) atoms. The number of aryl methyl sites for hydroxylation is 1. The lowest BCUT2D eigenvalue weighted by molar-refractivity contribution is 0.0697. The van der Waals surface area contributed by atoms with Gasteiger partial charge in [0.15, 0.2) is 5.82 Å². The number of carboxylic acids is 1. The molecular formula is C20H17ClN2O3. The fraction of sp³-hybridized carbons (Fsp3) is 0.150. The summed E-state index contributed by atoms with van der Waals surface area (Å²) in [5, 5.41) is 9.64. The predicted octanol–water partition coefficient (Wildman–Crippen LogP) is 5.16. The monoisotopic (exact) mass is 368 g/mol. The first-order valence-corrected chi connectivity index (χ1v) is 8.50. The molecule has 132 valence electrons. The predicted molar refractivity (Wildman–Crippen MR) is 100 cm³/mol. The van der Waals surface area contributed by atoms with E-state index in [1.54, 1.807) is 24.3 Å². The van der Waals surface area contributed by atoms with Crippen LogP contribution >= 0.6 is 11.6 Å². The fourth-order valence-corrected chi connectivity index (χ4v) is 2.69. The van der Waals surface area contributed by atoms with E-state index in [-0.39, 0.29) is 5.56 Å². The van der Waals surface area contributed by atoms with Gasteiger partial charge in [-0.25, -0.2) is 9.78 Å². The lowest BCUT2D eigenvalue weighted by Crippen LogP contribution is -2.03. The van der Waals surface area contributed by atoms with Crippen LogP contribution < -0.4 is 4.74 Å². The Morgan fingerprint density at radius 1 is 1.08 bits per heavy atom. The minimum atomic E-state index is -0.978. The lowest BCUT2D eigenvalue weighted by atomic mass is 10.1. The summed E-state index contributed by atoms with van der Waals surface area (Å²) in [4.78, 5) is 20.1. The molecule has 5 nitrogen and oxygen atoms in total. The molecule has 0 spiro atoms. The molecule has 0 atom stereocenters. The normalized spacial score (nSPS) is 10.6. The van der Waals surface area contributed by atoms with Crippen LogP contribution in [0.25, 0.3) is 11.4 Å². The Morgan fingerprint density at radius 2 is 1.73 bits per heavy atom. The number of aromatic nitrogens is 2. The Kier molecular flexibility index (Phi) is 5.19. The molecule has 2 aromatic carbocycles. The second-order valence-corrected chi connectivity index (χ2v) is 6.14. The molecule has 0 saturated carbocycles. The number of hydrogen-bond acceptors (Lipinski definition) is 4. The van der Waals surface area contributed by atoms with Crippen molar-refractivity contribution < 1.29 is 14.6 Å². The van der Waals surface area contributed by atoms with Crippen molar-refractivity contribution in [2.24, 2.45) is 0 Å². The van der Waals surface area contributed by atoms with Crippen LogP contribution in [0.2, 0.25) is 5.02 Å². The topological polar surface area (TPSA) is 72.3 Å². The van der Waals surface area contributed by atoms with Gasteiger partial charge in [-0.15, -0.1) is 0 Å². The van der Waals surface area contributed by atoms with E-state index in [1.165, 1.54) is 12.1 Å². The summed E-state index contributed by atoms with van der Waals surface area (Å²) in [6.07, 6.45) is 0.718. The van der Waals surface area contributed by atoms with E-state index in [2.05, 4.69) is 9.97 Å². The Morgan fingerprint density at radius 3 is 2.31 bits per heavy atom. The lowest BCUT2D eigenvalue weighted by Gasteiger charge is -2.13. The number of carbonyl (C=O) groups is 1. The van der Waals surface area contributed by atoms with Crippen molar-refractivity contribution in [3.8, 4) is 23.0 Å². The first kappa shape index (κ1) is 17.9. The highest BCUT2D eigenvalue weighted by atomic mass is 35.5. The summed E-state index contributed by atoms with van der Waals surface area (Å²) in [6.45, 7) is 3.92. The molecule has 0 amide bonds. The number of rotatable bonds is 5. The Balaban J connectivity index is 1.99. The molecule has 1 aromatic heterocycles. The summed E-state index contributed by atoms with van der Waals surface area (Å²) in [5.74, 6) is 0.556. The van der Waals surface area contributed by atoms with Crippen molar-refractivity contribution >= 4 is 17.6 Å². The molecule has 1 N–H and O–H groups in total. The smallest absolute Gasteiger partial charge is 0.335 e. The number of hydrogen-bond donors (Lipinski definition) is 1. The van der Waals surface area contributed by atoms with Crippen molar-refractivity contribution in [3.05, 3.63) is 70.4 Å². The maximum absolute atomic E-state index is 11.0. The molecule has 0 unspecified atom stereocenters. The highest BCUT2D eigenvalue weighted by molar-refractivity contribution is 6.30. The van der Waals surface area contributed by atoms with Crippen LogP contribution in [0.1, 0.15) is 28.5 Å². The molecule has 0 fully saturated rings. The van der Waals surface area contributed by atoms with Crippen LogP contribution in [0.3, 0.4) is 0 Å². The van der Waals surface area contributed by atoms with Gasteiger partial charge in [0.2, 0.25) is 5.88 Å². The zero-order valence-electron chi connectivity index (χ0n) is 14.4. The Hall–Kier alpha value is -2.92. The van der Waals surface area contributed by atoms with E-state index in [4.69, 9.17) is 21.4 Å². The molecule has 0 radical (unpaired) electrons. The van der Waals surface area contributed by atoms with Gasteiger partial charge in [0, 0.05) is 21.8 Å². The Labute approximate surface area is 156 Å². The number of halogens is 1. The number of benzene rings is 2. The number of ether oxygens (including phenoxy) is 1. The van der Waals surface area contributed by atoms with Crippen molar-refractivity contribution in [1.82, 2.24) is 9.97 Å². The summed E-state index contributed by atoms with van der Waals surface area (Å²) in [6, 6.07) is 13.5. The van der Waals surface area contributed by atoms with E-state index < -0.39 is 5.97 Å². The Bertz CT molecular complexity index is 939. The van der Waals surface area contributed by atoms with E-state index >= 15 is 0 Å². The third-order valence-electron chi connectivity index (χ3n) is 3.95. The van der Waals surface area contributed by atoms with Crippen LogP contribution in [0.15, 0.2) is 48.5 Å². The van der Waals surface area contributed by atoms with E-state index in [0.717, 1.165) is 23.2 Å². The van der Waals surface area contributed by atoms with E-state index in [0.29, 0.717) is 22.5 Å². The van der Waals surface area contributed by atoms with Crippen molar-refractivity contribution in [2.75, 3.05) is 0 Å². The first-order chi connectivity index (χ1) is 12.5. The summed E-state index contributed by atoms with van der Waals surface area (Å²) >= 11 is 5.94. The summed E-state index contributed by atoms with van der Waals surface area (Å²) in [5.41, 5.74) is 2.79. The van der Waals surface area contributed by atoms with Gasteiger partial charge in [-0.3, -0.25) is 0 Å². The highest BCUT2D eigenvalue weighted by Crippen LogP contribution is 2.29. The molecular weight excluding hydrogens is 352 g/mol. The molecule has 6 heteroatoms. The second kappa shape index (κ2) is 7.54. The van der Waals surface area contributed by atoms with Crippen LogP contribution in [0.4, 0.5) is 0 Å². The van der Waals surface area contributed by atoms with Gasteiger partial charge >= 0.3 is 5.97 Å². The standard InChI is InChI=1S/C20H17ClN2O3/c1-3-17-12(2)22-18(13-4-8-15(21)9-5-13)23-19(17)26-16-10-6-14(7-11-16)20(24)25/h4-11H,3H2,1-2H3,(H,24,25). The van der Waals surface area contributed by atoms with Crippen molar-refractivity contribution in [3.63, 3.8) is 0 Å². The van der Waals surface area contributed by atoms with Gasteiger partial charge in [-0.05, 0) is 61.9 Å². The number of nitrogens with zero attached hydrogens (tertiary/aromatic N) is 2. The average Bonchev–Trinajstić information content (AvgIpc) is 2.62. The van der Waals surface area contributed by atoms with Gasteiger partial charge in [0.1, 0.15) is 5.75 Å². The molecule has 0 bridgehead atoms. The molecule has 3 rings (SSSR count). The van der Waals surface area contributed by atoms with E-state index in [9.17, 15) is 4.79 Å². The van der Waals surface area contributed by atoms with Gasteiger partial charge in [-0.2, -0.15) is 4.98 Å². The third kappa shape index (κ3) is 3.83. The molecule has 0 saturated heterocycles. The van der Waals surface area contributed by atoms with Crippen LogP contribution in [-0.2, 0) is 6.42 Å². The highest BCUT2D eigenvalue weighted by Gasteiger charge is 2.14. The maximum Gasteiger partial charge on any atom is 0.335 e. The minimum Gasteiger partial charge on any atom is -0.478 e. The van der Waals surface area contributed by atoms with Crippen LogP contribution in [-0.4, -0.2) is 21.0 Å². The minimum absolute atomic E-state index is 0.203. The quantitative estimate of drug-likeness (QED) is 0.673. The average molecular weight is 369 g/mol. The van der Waals surface area contributed by atoms with Crippen LogP contribution in [0, 0.1) is 6.92 Å². The zero-order valence-corrected chi connectivity index (χ0v) is 15.1. The number of aromatic carboxylic acids is 1. The SMILES string of the molecule is CCc1c(C)nc(-c2ccc(Cl)cc2)nc1Oc1ccc(C(=O)O)cc1. The molecule has 0 aliphatic heterocycles. The van der Waals surface area contributed by atoms with Gasteiger partial charge < -0.3 is 9.84 Å². The van der Waals surface area contributed by atoms with Gasteiger partial charge in [0.05, 0.1) is 5.56 Å². The summed E-state index contributed by atoms with van der Waals surface area (Å²) in [7, 11) is 0. The molecule has 1 heterocycles. The van der Waals surface area contributed by atoms with E-state index in [1.807, 2.05) is 26.0 Å². The van der Waals surface area contributed by atoms with Crippen molar-refractivity contribution in [2.45, 2.75) is 20.3 Å². The molecule has 3 aromatic rings. The molecule has 0 aliphatic carbocycles. The summed E-state index contributed by atoms with van der Waals surface area (Å²) < 4.78 is 5.93. The molecule has 0 aliphatic rings.